The maximum Gasteiger partial charge on any atom is 0.330 e. The van der Waals surface area contributed by atoms with Crippen LogP contribution in [0.3, 0.4) is 0 Å². The van der Waals surface area contributed by atoms with Gasteiger partial charge < -0.3 is 9.63 Å². The van der Waals surface area contributed by atoms with Gasteiger partial charge in [-0.15, -0.1) is 0 Å². The first-order valence-electron chi connectivity index (χ1n) is 7.91. The average molecular weight is 366 g/mol. The number of aromatic nitrogens is 3. The zero-order valence-electron chi connectivity index (χ0n) is 13.4. The van der Waals surface area contributed by atoms with E-state index in [0.29, 0.717) is 25.1 Å². The van der Waals surface area contributed by atoms with Crippen LogP contribution in [0.15, 0.2) is 46.2 Å². The van der Waals surface area contributed by atoms with Crippen LogP contribution in [0.2, 0.25) is 0 Å². The molecule has 1 saturated heterocycles. The van der Waals surface area contributed by atoms with Crippen molar-refractivity contribution in [3.05, 3.63) is 57.5 Å². The summed E-state index contributed by atoms with van der Waals surface area (Å²) in [5.41, 5.74) is -0.986. The summed E-state index contributed by atoms with van der Waals surface area (Å²) in [6, 6.07) is 6.32. The third kappa shape index (κ3) is 4.66. The van der Waals surface area contributed by atoms with Gasteiger partial charge in [0, 0.05) is 24.6 Å². The number of nitrogens with zero attached hydrogens (tertiary/aromatic N) is 2. The molecule has 2 aromatic heterocycles. The van der Waals surface area contributed by atoms with Crippen LogP contribution in [0.1, 0.15) is 25.5 Å². The molecule has 0 radical (unpaired) electrons. The van der Waals surface area contributed by atoms with Crippen molar-refractivity contribution < 1.29 is 14.2 Å². The Hall–Kier alpha value is -2.22. The first kappa shape index (κ1) is 17.6. The van der Waals surface area contributed by atoms with Gasteiger partial charge in [0.1, 0.15) is 12.0 Å². The number of nitrogens with one attached hydrogen (secondary N) is 2. The van der Waals surface area contributed by atoms with Gasteiger partial charge in [-0.3, -0.25) is 24.0 Å². The maximum absolute atomic E-state index is 12.2. The summed E-state index contributed by atoms with van der Waals surface area (Å²) in [4.78, 5) is 39.1. The molecule has 1 aliphatic rings. The van der Waals surface area contributed by atoms with Gasteiger partial charge in [-0.1, -0.05) is 6.07 Å². The largest absolute Gasteiger partial charge is 0.355 e. The lowest BCUT2D eigenvalue weighted by Gasteiger charge is -2.18. The fourth-order valence-corrected chi connectivity index (χ4v) is 3.98. The Kier molecular flexibility index (Phi) is 5.17. The van der Waals surface area contributed by atoms with E-state index in [-0.39, 0.29) is 12.3 Å². The van der Waals surface area contributed by atoms with Crippen LogP contribution in [0.4, 0.5) is 5.82 Å². The average Bonchev–Trinajstić information content (AvgIpc) is 3.02. The molecule has 1 aliphatic heterocycles. The van der Waals surface area contributed by atoms with Gasteiger partial charge in [-0.25, -0.2) is 9.78 Å². The normalized spacial score (nSPS) is 22.4. The number of pyridine rings is 1. The van der Waals surface area contributed by atoms with Crippen molar-refractivity contribution in [1.82, 2.24) is 14.5 Å². The summed E-state index contributed by atoms with van der Waals surface area (Å²) in [6.07, 6.45) is 3.90. The van der Waals surface area contributed by atoms with Crippen LogP contribution in [0.5, 0.6) is 0 Å². The second kappa shape index (κ2) is 7.35. The van der Waals surface area contributed by atoms with Gasteiger partial charge in [-0.2, -0.15) is 0 Å². The van der Waals surface area contributed by atoms with Gasteiger partial charge in [0.25, 0.3) is 13.1 Å². The molecule has 0 amide bonds. The molecule has 10 heteroatoms. The SMILES string of the molecule is O=c1ccn([C@H]2CC[C@@H](CCP(=O)(O)Nc3ccccn3)O2)c(=O)[nH]1. The van der Waals surface area contributed by atoms with Gasteiger partial charge in [0.2, 0.25) is 0 Å². The zero-order valence-corrected chi connectivity index (χ0v) is 14.3. The highest BCUT2D eigenvalue weighted by molar-refractivity contribution is 7.59. The van der Waals surface area contributed by atoms with E-state index in [0.717, 1.165) is 0 Å². The highest BCUT2D eigenvalue weighted by atomic mass is 31.2. The molecule has 3 N–H and O–H groups in total. The Morgan fingerprint density at radius 3 is 2.92 bits per heavy atom. The molecule has 0 saturated carbocycles. The minimum absolute atomic E-state index is 0.0292. The Balaban J connectivity index is 1.55. The summed E-state index contributed by atoms with van der Waals surface area (Å²) < 4.78 is 19.3. The van der Waals surface area contributed by atoms with E-state index in [4.69, 9.17) is 4.74 Å². The molecule has 9 nitrogen and oxygen atoms in total. The molecule has 3 rings (SSSR count). The summed E-state index contributed by atoms with van der Waals surface area (Å²) in [5, 5.41) is 2.55. The van der Waals surface area contributed by atoms with E-state index in [1.807, 2.05) is 0 Å². The molecule has 0 bridgehead atoms. The van der Waals surface area contributed by atoms with E-state index >= 15 is 0 Å². The van der Waals surface area contributed by atoms with Gasteiger partial charge in [0.15, 0.2) is 0 Å². The van der Waals surface area contributed by atoms with Crippen LogP contribution in [0.25, 0.3) is 0 Å². The lowest BCUT2D eigenvalue weighted by atomic mass is 10.2. The molecule has 0 aliphatic carbocycles. The first-order valence-corrected chi connectivity index (χ1v) is 9.75. The lowest BCUT2D eigenvalue weighted by Crippen LogP contribution is -2.31. The third-order valence-electron chi connectivity index (χ3n) is 3.95. The molecule has 1 unspecified atom stereocenters. The van der Waals surface area contributed by atoms with E-state index in [2.05, 4.69) is 15.1 Å². The van der Waals surface area contributed by atoms with Crippen molar-refractivity contribution in [3.63, 3.8) is 0 Å². The van der Waals surface area contributed by atoms with E-state index in [1.54, 1.807) is 18.2 Å². The molecular weight excluding hydrogens is 347 g/mol. The standard InChI is InChI=1S/C15H19N4O5P/c20-13-6-9-19(15(21)17-13)14-5-4-11(24-14)7-10-25(22,23)18-12-3-1-2-8-16-12/h1-3,6,8-9,11,14H,4-5,7,10H2,(H,17,20,21)(H2,16,18,22,23)/t11-,14+/m0/s1. The van der Waals surface area contributed by atoms with E-state index in [1.165, 1.54) is 23.0 Å². The Bertz CT molecular complexity index is 881. The van der Waals surface area contributed by atoms with Crippen LogP contribution in [0, 0.1) is 0 Å². The smallest absolute Gasteiger partial charge is 0.330 e. The van der Waals surface area contributed by atoms with Crippen molar-refractivity contribution in [3.8, 4) is 0 Å². The van der Waals surface area contributed by atoms with Crippen LogP contribution < -0.4 is 16.3 Å². The number of aromatic amines is 1. The molecular formula is C15H19N4O5P. The topological polar surface area (TPSA) is 126 Å². The summed E-state index contributed by atoms with van der Waals surface area (Å²) >= 11 is 0. The second-order valence-corrected chi connectivity index (χ2v) is 7.92. The monoisotopic (exact) mass is 366 g/mol. The van der Waals surface area contributed by atoms with Gasteiger partial charge in [-0.05, 0) is 31.4 Å². The lowest BCUT2D eigenvalue weighted by molar-refractivity contribution is -0.00186. The molecule has 1 fully saturated rings. The number of H-pyrrole nitrogens is 1. The Morgan fingerprint density at radius 2 is 2.20 bits per heavy atom. The van der Waals surface area contributed by atoms with Crippen LogP contribution in [-0.4, -0.2) is 31.7 Å². The highest BCUT2D eigenvalue weighted by Crippen LogP contribution is 2.42. The van der Waals surface area contributed by atoms with Crippen LogP contribution >= 0.6 is 7.52 Å². The first-order chi connectivity index (χ1) is 11.9. The van der Waals surface area contributed by atoms with E-state index < -0.39 is 25.0 Å². The molecule has 3 heterocycles. The fourth-order valence-electron chi connectivity index (χ4n) is 2.74. The minimum Gasteiger partial charge on any atom is -0.355 e. The van der Waals surface area contributed by atoms with Crippen molar-refractivity contribution in [2.45, 2.75) is 31.6 Å². The minimum atomic E-state index is -3.58. The Labute approximate surface area is 143 Å². The van der Waals surface area contributed by atoms with Crippen molar-refractivity contribution in [2.24, 2.45) is 0 Å². The second-order valence-electron chi connectivity index (χ2n) is 5.85. The predicted molar refractivity (Wildman–Crippen MR) is 91.6 cm³/mol. The number of ether oxygens (including phenoxy) is 1. The van der Waals surface area contributed by atoms with Crippen molar-refractivity contribution in [1.29, 1.82) is 0 Å². The molecule has 134 valence electrons. The Morgan fingerprint density at radius 1 is 1.36 bits per heavy atom. The van der Waals surface area contributed by atoms with Crippen LogP contribution in [-0.2, 0) is 9.30 Å². The third-order valence-corrected chi connectivity index (χ3v) is 5.40. The summed E-state index contributed by atoms with van der Waals surface area (Å²) in [6.45, 7) is 0. The number of anilines is 1. The predicted octanol–water partition coefficient (Wildman–Crippen LogP) is 1.30. The maximum atomic E-state index is 12.2. The number of rotatable bonds is 6. The highest BCUT2D eigenvalue weighted by Gasteiger charge is 2.29. The molecule has 0 aromatic carbocycles. The zero-order chi connectivity index (χ0) is 17.9. The molecule has 0 spiro atoms. The van der Waals surface area contributed by atoms with Crippen molar-refractivity contribution >= 4 is 13.3 Å². The molecule has 2 aromatic rings. The number of hydrogen-bond acceptors (Lipinski definition) is 5. The molecule has 3 atom stereocenters. The van der Waals surface area contributed by atoms with E-state index in [9.17, 15) is 19.0 Å². The summed E-state index contributed by atoms with van der Waals surface area (Å²) in [7, 11) is -3.58. The quantitative estimate of drug-likeness (QED) is 0.658. The fraction of sp³-hybridized carbons (Fsp3) is 0.400. The van der Waals surface area contributed by atoms with Crippen molar-refractivity contribution in [2.75, 3.05) is 11.2 Å². The number of hydrogen-bond donors (Lipinski definition) is 3. The van der Waals surface area contributed by atoms with Gasteiger partial charge in [0.05, 0.1) is 6.10 Å². The molecule has 25 heavy (non-hydrogen) atoms. The summed E-state index contributed by atoms with van der Waals surface area (Å²) in [5.74, 6) is 0.346. The van der Waals surface area contributed by atoms with Gasteiger partial charge >= 0.3 is 5.69 Å².